The van der Waals surface area contributed by atoms with Crippen molar-refractivity contribution in [2.24, 2.45) is 5.92 Å². The summed E-state index contributed by atoms with van der Waals surface area (Å²) < 4.78 is 11.4. The van der Waals surface area contributed by atoms with Crippen molar-refractivity contribution in [2.45, 2.75) is 46.0 Å². The average molecular weight is 382 g/mol. The van der Waals surface area contributed by atoms with Gasteiger partial charge in [0, 0.05) is 17.0 Å². The molecule has 1 fully saturated rings. The zero-order valence-corrected chi connectivity index (χ0v) is 16.4. The molecule has 4 nitrogen and oxygen atoms in total. The molecule has 0 N–H and O–H groups in total. The number of thiophene rings is 1. The maximum atomic E-state index is 12.7. The van der Waals surface area contributed by atoms with Crippen molar-refractivity contribution < 1.29 is 19.1 Å². The molecule has 1 saturated carbocycles. The summed E-state index contributed by atoms with van der Waals surface area (Å²) in [6, 6.07) is 5.42. The number of ketones is 1. The highest BCUT2D eigenvalue weighted by atomic mass is 32.1. The van der Waals surface area contributed by atoms with Gasteiger partial charge in [0.15, 0.2) is 5.76 Å². The number of aryl methyl sites for hydroxylation is 2. The highest BCUT2D eigenvalue weighted by Crippen LogP contribution is 2.38. The lowest BCUT2D eigenvalue weighted by molar-refractivity contribution is -0.139. The largest absolute Gasteiger partial charge is 0.452 e. The summed E-state index contributed by atoms with van der Waals surface area (Å²) >= 11 is 1.57. The number of carbonyl (C=O) groups excluding carboxylic acids is 2. The summed E-state index contributed by atoms with van der Waals surface area (Å²) in [6.07, 6.45) is 6.93. The molecule has 2 heterocycles. The van der Waals surface area contributed by atoms with Crippen LogP contribution in [0.3, 0.4) is 0 Å². The number of hydrogen-bond acceptors (Lipinski definition) is 5. The number of fused-ring (bicyclic) bond motifs is 1. The molecule has 1 aliphatic carbocycles. The highest BCUT2D eigenvalue weighted by molar-refractivity contribution is 7.11. The second kappa shape index (κ2) is 7.31. The highest BCUT2D eigenvalue weighted by Gasteiger charge is 2.31. The van der Waals surface area contributed by atoms with Gasteiger partial charge < -0.3 is 9.47 Å². The fraction of sp³-hybridized carbons (Fsp3) is 0.364. The molecule has 1 aromatic heterocycles. The lowest BCUT2D eigenvalue weighted by Gasteiger charge is -2.20. The maximum Gasteiger partial charge on any atom is 0.314 e. The quantitative estimate of drug-likeness (QED) is 0.401. The van der Waals surface area contributed by atoms with Gasteiger partial charge in [-0.3, -0.25) is 9.59 Å². The van der Waals surface area contributed by atoms with Crippen molar-refractivity contribution in [3.8, 4) is 11.5 Å². The smallest absolute Gasteiger partial charge is 0.314 e. The predicted octanol–water partition coefficient (Wildman–Crippen LogP) is 5.47. The number of ether oxygens (including phenoxy) is 2. The SMILES string of the molecule is Cc1ccsc1/C=C1\Oc2cc(OC(=O)C3CCCCC3)cc(C)c2C1=O. The Bertz CT molecular complexity index is 932. The van der Waals surface area contributed by atoms with Crippen LogP contribution in [0, 0.1) is 19.8 Å². The first-order valence-electron chi connectivity index (χ1n) is 9.37. The topological polar surface area (TPSA) is 52.6 Å². The van der Waals surface area contributed by atoms with Crippen molar-refractivity contribution in [3.05, 3.63) is 50.9 Å². The third-order valence-corrected chi connectivity index (χ3v) is 6.23. The number of benzene rings is 1. The van der Waals surface area contributed by atoms with Crippen LogP contribution in [0.4, 0.5) is 0 Å². The van der Waals surface area contributed by atoms with Gasteiger partial charge in [0.05, 0.1) is 11.5 Å². The van der Waals surface area contributed by atoms with Crippen LogP contribution in [0.5, 0.6) is 11.5 Å². The van der Waals surface area contributed by atoms with E-state index in [4.69, 9.17) is 9.47 Å². The molecular weight excluding hydrogens is 360 g/mol. The molecule has 0 unspecified atom stereocenters. The molecule has 0 spiro atoms. The molecule has 2 aromatic rings. The minimum Gasteiger partial charge on any atom is -0.452 e. The number of rotatable bonds is 3. The zero-order valence-electron chi connectivity index (χ0n) is 15.5. The summed E-state index contributed by atoms with van der Waals surface area (Å²) in [7, 11) is 0. The monoisotopic (exact) mass is 382 g/mol. The van der Waals surface area contributed by atoms with E-state index in [9.17, 15) is 9.59 Å². The number of allylic oxidation sites excluding steroid dienone is 1. The van der Waals surface area contributed by atoms with Crippen LogP contribution in [0.25, 0.3) is 6.08 Å². The Labute approximate surface area is 162 Å². The van der Waals surface area contributed by atoms with Gasteiger partial charge in [-0.05, 0) is 55.3 Å². The second-order valence-electron chi connectivity index (χ2n) is 7.28. The molecule has 1 aromatic carbocycles. The fourth-order valence-electron chi connectivity index (χ4n) is 3.73. The molecule has 27 heavy (non-hydrogen) atoms. The van der Waals surface area contributed by atoms with E-state index < -0.39 is 0 Å². The Kier molecular flexibility index (Phi) is 4.87. The molecule has 1 aliphatic heterocycles. The maximum absolute atomic E-state index is 12.7. The average Bonchev–Trinajstić information content (AvgIpc) is 3.19. The van der Waals surface area contributed by atoms with Gasteiger partial charge in [0.25, 0.3) is 0 Å². The van der Waals surface area contributed by atoms with Gasteiger partial charge >= 0.3 is 5.97 Å². The van der Waals surface area contributed by atoms with Crippen LogP contribution in [-0.4, -0.2) is 11.8 Å². The molecule has 4 rings (SSSR count). The Morgan fingerprint density at radius 1 is 1.19 bits per heavy atom. The number of hydrogen-bond donors (Lipinski definition) is 0. The molecule has 0 saturated heterocycles. The predicted molar refractivity (Wildman–Crippen MR) is 105 cm³/mol. The third kappa shape index (κ3) is 3.56. The van der Waals surface area contributed by atoms with Gasteiger partial charge in [0.2, 0.25) is 5.78 Å². The fourth-order valence-corrected chi connectivity index (χ4v) is 4.57. The number of carbonyl (C=O) groups is 2. The summed E-state index contributed by atoms with van der Waals surface area (Å²) in [5.41, 5.74) is 2.42. The third-order valence-electron chi connectivity index (χ3n) is 5.26. The molecule has 5 heteroatoms. The Hall–Kier alpha value is -2.40. The van der Waals surface area contributed by atoms with E-state index in [0.29, 0.717) is 22.8 Å². The lowest BCUT2D eigenvalue weighted by Crippen LogP contribution is -2.22. The van der Waals surface area contributed by atoms with Crippen LogP contribution in [0.1, 0.15) is 58.5 Å². The molecule has 0 amide bonds. The first-order chi connectivity index (χ1) is 13.0. The first-order valence-corrected chi connectivity index (χ1v) is 10.3. The van der Waals surface area contributed by atoms with Crippen molar-refractivity contribution in [2.75, 3.05) is 0 Å². The van der Waals surface area contributed by atoms with E-state index in [1.165, 1.54) is 6.42 Å². The Morgan fingerprint density at radius 2 is 1.96 bits per heavy atom. The van der Waals surface area contributed by atoms with E-state index in [1.807, 2.05) is 25.3 Å². The van der Waals surface area contributed by atoms with E-state index in [1.54, 1.807) is 29.5 Å². The second-order valence-corrected chi connectivity index (χ2v) is 8.22. The standard InChI is InChI=1S/C22H22O4S/c1-13-8-9-27-19(13)12-18-21(23)20-14(2)10-16(11-17(20)26-18)25-22(24)15-6-4-3-5-7-15/h8-12,15H,3-7H2,1-2H3/b18-12-. The van der Waals surface area contributed by atoms with Crippen LogP contribution < -0.4 is 9.47 Å². The van der Waals surface area contributed by atoms with Crippen LogP contribution in [0.15, 0.2) is 29.3 Å². The van der Waals surface area contributed by atoms with Gasteiger partial charge in [-0.2, -0.15) is 0 Å². The van der Waals surface area contributed by atoms with Crippen molar-refractivity contribution in [3.63, 3.8) is 0 Å². The summed E-state index contributed by atoms with van der Waals surface area (Å²) in [6.45, 7) is 3.85. The molecule has 0 bridgehead atoms. The molecule has 2 aliphatic rings. The zero-order chi connectivity index (χ0) is 19.0. The minimum absolute atomic E-state index is 0.0212. The summed E-state index contributed by atoms with van der Waals surface area (Å²) in [5.74, 6) is 0.903. The Morgan fingerprint density at radius 3 is 2.67 bits per heavy atom. The van der Waals surface area contributed by atoms with Crippen LogP contribution >= 0.6 is 11.3 Å². The summed E-state index contributed by atoms with van der Waals surface area (Å²) in [4.78, 5) is 26.2. The van der Waals surface area contributed by atoms with E-state index in [-0.39, 0.29) is 17.7 Å². The molecular formula is C22H22O4S. The van der Waals surface area contributed by atoms with Gasteiger partial charge in [0.1, 0.15) is 11.5 Å². The minimum atomic E-state index is -0.177. The lowest BCUT2D eigenvalue weighted by atomic mass is 9.89. The normalized spacial score (nSPS) is 18.4. The summed E-state index contributed by atoms with van der Waals surface area (Å²) in [5, 5.41) is 1.99. The molecule has 0 radical (unpaired) electrons. The van der Waals surface area contributed by atoms with E-state index in [2.05, 4.69) is 0 Å². The number of Topliss-reactive ketones (excluding diaryl/α,β-unsaturated/α-hetero) is 1. The van der Waals surface area contributed by atoms with E-state index >= 15 is 0 Å². The molecule has 0 atom stereocenters. The van der Waals surface area contributed by atoms with Crippen molar-refractivity contribution >= 4 is 29.2 Å². The van der Waals surface area contributed by atoms with Crippen LogP contribution in [-0.2, 0) is 4.79 Å². The van der Waals surface area contributed by atoms with Gasteiger partial charge in [-0.25, -0.2) is 0 Å². The van der Waals surface area contributed by atoms with Crippen LogP contribution in [0.2, 0.25) is 0 Å². The van der Waals surface area contributed by atoms with Crippen molar-refractivity contribution in [1.29, 1.82) is 0 Å². The van der Waals surface area contributed by atoms with Crippen molar-refractivity contribution in [1.82, 2.24) is 0 Å². The number of esters is 1. The van der Waals surface area contributed by atoms with Gasteiger partial charge in [-0.15, -0.1) is 11.3 Å². The van der Waals surface area contributed by atoms with Gasteiger partial charge in [-0.1, -0.05) is 19.3 Å². The van der Waals surface area contributed by atoms with E-state index in [0.717, 1.165) is 41.7 Å². The Balaban J connectivity index is 1.57. The molecule has 140 valence electrons. The first kappa shape index (κ1) is 18.0.